The molecule has 2 aliphatic carbocycles. The van der Waals surface area contributed by atoms with Crippen molar-refractivity contribution in [3.63, 3.8) is 0 Å². The molecule has 0 amide bonds. The molecule has 4 unspecified atom stereocenters. The smallest absolute Gasteiger partial charge is 0.0294 e. The van der Waals surface area contributed by atoms with Gasteiger partial charge in [-0.3, -0.25) is 0 Å². The fourth-order valence-electron chi connectivity index (χ4n) is 9.22. The molecule has 4 atom stereocenters. The van der Waals surface area contributed by atoms with Crippen LogP contribution in [0.15, 0.2) is 115 Å². The minimum atomic E-state index is -0.129. The monoisotopic (exact) mass is 560 g/mol. The standard InChI is InChI=1S/C43H44/c1-29-22-36-38(24-31(29)3)43(28-41(36,5)26-33-16-10-7-11-17-33)39-25-32(4)30(2)23-37(39)42(6,27-34-18-12-8-13-19-34)40(43)35-20-14-9-15-21-35/h7-25,40H,26-28H2,1-6H3. The molecule has 216 valence electrons. The van der Waals surface area contributed by atoms with Crippen molar-refractivity contribution >= 4 is 0 Å². The van der Waals surface area contributed by atoms with Gasteiger partial charge in [-0.05, 0) is 114 Å². The van der Waals surface area contributed by atoms with Crippen molar-refractivity contribution in [2.75, 3.05) is 0 Å². The topological polar surface area (TPSA) is 0 Å². The van der Waals surface area contributed by atoms with E-state index in [9.17, 15) is 0 Å². The second kappa shape index (κ2) is 10.1. The Morgan fingerprint density at radius 3 is 1.47 bits per heavy atom. The van der Waals surface area contributed by atoms with Crippen molar-refractivity contribution in [3.8, 4) is 0 Å². The summed E-state index contributed by atoms with van der Waals surface area (Å²) in [6, 6.07) is 44.2. The quantitative estimate of drug-likeness (QED) is 0.201. The Morgan fingerprint density at radius 2 is 0.930 bits per heavy atom. The molecule has 2 aliphatic rings. The molecule has 1 spiro atoms. The predicted octanol–water partition coefficient (Wildman–Crippen LogP) is 10.4. The van der Waals surface area contributed by atoms with Crippen molar-refractivity contribution in [1.82, 2.24) is 0 Å². The van der Waals surface area contributed by atoms with E-state index < -0.39 is 0 Å². The first-order valence-corrected chi connectivity index (χ1v) is 16.0. The zero-order chi connectivity index (χ0) is 30.0. The highest BCUT2D eigenvalue weighted by Gasteiger charge is 2.64. The zero-order valence-electron chi connectivity index (χ0n) is 26.7. The van der Waals surface area contributed by atoms with Crippen LogP contribution in [-0.4, -0.2) is 0 Å². The van der Waals surface area contributed by atoms with Crippen LogP contribution in [-0.2, 0) is 29.1 Å². The van der Waals surface area contributed by atoms with Gasteiger partial charge in [-0.1, -0.05) is 129 Å². The number of benzene rings is 5. The Bertz CT molecular complexity index is 1780. The molecule has 0 nitrogen and oxygen atoms in total. The van der Waals surface area contributed by atoms with Crippen LogP contribution < -0.4 is 0 Å². The van der Waals surface area contributed by atoms with Crippen LogP contribution in [0.1, 0.15) is 87.4 Å². The van der Waals surface area contributed by atoms with E-state index in [0.29, 0.717) is 5.92 Å². The predicted molar refractivity (Wildman–Crippen MR) is 181 cm³/mol. The summed E-state index contributed by atoms with van der Waals surface area (Å²) in [4.78, 5) is 0. The van der Waals surface area contributed by atoms with E-state index in [0.717, 1.165) is 19.3 Å². The van der Waals surface area contributed by atoms with E-state index in [1.165, 1.54) is 38.9 Å². The summed E-state index contributed by atoms with van der Waals surface area (Å²) in [6.45, 7) is 14.4. The Balaban J connectivity index is 1.56. The second-order valence-corrected chi connectivity index (χ2v) is 14.3. The molecular weight excluding hydrogens is 516 g/mol. The molecule has 0 aliphatic heterocycles. The van der Waals surface area contributed by atoms with Gasteiger partial charge in [0.1, 0.15) is 0 Å². The first kappa shape index (κ1) is 27.9. The maximum absolute atomic E-state index is 2.59. The molecule has 43 heavy (non-hydrogen) atoms. The maximum atomic E-state index is 2.59. The lowest BCUT2D eigenvalue weighted by molar-refractivity contribution is 0.272. The highest BCUT2D eigenvalue weighted by Crippen LogP contribution is 2.70. The zero-order valence-corrected chi connectivity index (χ0v) is 26.7. The largest absolute Gasteiger partial charge is 0.0622 e. The number of aryl methyl sites for hydroxylation is 4. The van der Waals surface area contributed by atoms with E-state index in [-0.39, 0.29) is 16.2 Å². The molecule has 5 aromatic rings. The Kier molecular flexibility index (Phi) is 6.55. The summed E-state index contributed by atoms with van der Waals surface area (Å²) in [5, 5.41) is 0. The molecule has 0 N–H and O–H groups in total. The first-order valence-electron chi connectivity index (χ1n) is 16.0. The lowest BCUT2D eigenvalue weighted by Crippen LogP contribution is -2.40. The summed E-state index contributed by atoms with van der Waals surface area (Å²) in [5.74, 6) is 0.302. The van der Waals surface area contributed by atoms with Gasteiger partial charge >= 0.3 is 0 Å². The summed E-state index contributed by atoms with van der Waals surface area (Å²) >= 11 is 0. The number of hydrogen-bond donors (Lipinski definition) is 0. The second-order valence-electron chi connectivity index (χ2n) is 14.3. The van der Waals surface area contributed by atoms with Crippen LogP contribution in [0.3, 0.4) is 0 Å². The van der Waals surface area contributed by atoms with Gasteiger partial charge in [-0.15, -0.1) is 0 Å². The van der Waals surface area contributed by atoms with Crippen molar-refractivity contribution in [1.29, 1.82) is 0 Å². The normalized spacial score (nSPS) is 25.6. The molecule has 0 fully saturated rings. The van der Waals surface area contributed by atoms with E-state index in [2.05, 4.69) is 157 Å². The van der Waals surface area contributed by atoms with Gasteiger partial charge in [0.15, 0.2) is 0 Å². The molecule has 5 aromatic carbocycles. The van der Waals surface area contributed by atoms with Gasteiger partial charge in [-0.2, -0.15) is 0 Å². The van der Waals surface area contributed by atoms with E-state index in [1.807, 2.05) is 0 Å². The van der Waals surface area contributed by atoms with Gasteiger partial charge in [0.2, 0.25) is 0 Å². The van der Waals surface area contributed by atoms with Crippen molar-refractivity contribution in [2.24, 2.45) is 0 Å². The number of hydrogen-bond acceptors (Lipinski definition) is 0. The lowest BCUT2D eigenvalue weighted by atomic mass is 9.59. The van der Waals surface area contributed by atoms with E-state index >= 15 is 0 Å². The van der Waals surface area contributed by atoms with Gasteiger partial charge < -0.3 is 0 Å². The van der Waals surface area contributed by atoms with Gasteiger partial charge in [0, 0.05) is 16.7 Å². The molecular formula is C43H44. The maximum Gasteiger partial charge on any atom is 0.0294 e. The number of rotatable bonds is 5. The molecule has 0 saturated heterocycles. The lowest BCUT2D eigenvalue weighted by Gasteiger charge is -2.43. The minimum absolute atomic E-state index is 0.0102. The highest BCUT2D eigenvalue weighted by molar-refractivity contribution is 5.67. The first-order chi connectivity index (χ1) is 20.7. The fourth-order valence-corrected chi connectivity index (χ4v) is 9.22. The Hall–Kier alpha value is -3.90. The molecule has 0 saturated carbocycles. The third-order valence-electron chi connectivity index (χ3n) is 11.3. The third-order valence-corrected chi connectivity index (χ3v) is 11.3. The number of fused-ring (bicyclic) bond motifs is 4. The Morgan fingerprint density at radius 1 is 0.512 bits per heavy atom. The van der Waals surface area contributed by atoms with Crippen molar-refractivity contribution in [3.05, 3.63) is 176 Å². The molecule has 0 aromatic heterocycles. The van der Waals surface area contributed by atoms with Crippen LogP contribution in [0, 0.1) is 27.7 Å². The average Bonchev–Trinajstić information content (AvgIpc) is 3.34. The summed E-state index contributed by atoms with van der Waals surface area (Å²) < 4.78 is 0. The van der Waals surface area contributed by atoms with Gasteiger partial charge in [-0.25, -0.2) is 0 Å². The van der Waals surface area contributed by atoms with Crippen LogP contribution in [0.2, 0.25) is 0 Å². The van der Waals surface area contributed by atoms with Gasteiger partial charge in [0.05, 0.1) is 0 Å². The summed E-state index contributed by atoms with van der Waals surface area (Å²) in [6.07, 6.45) is 3.16. The summed E-state index contributed by atoms with van der Waals surface area (Å²) in [7, 11) is 0. The molecule has 0 bridgehead atoms. The van der Waals surface area contributed by atoms with Crippen LogP contribution in [0.25, 0.3) is 0 Å². The Labute approximate surface area is 258 Å². The van der Waals surface area contributed by atoms with Crippen molar-refractivity contribution in [2.45, 2.75) is 83.0 Å². The summed E-state index contributed by atoms with van der Waals surface area (Å²) in [5.41, 5.74) is 15.9. The van der Waals surface area contributed by atoms with Crippen molar-refractivity contribution < 1.29 is 0 Å². The molecule has 0 radical (unpaired) electrons. The van der Waals surface area contributed by atoms with E-state index in [4.69, 9.17) is 0 Å². The van der Waals surface area contributed by atoms with E-state index in [1.54, 1.807) is 22.3 Å². The van der Waals surface area contributed by atoms with Crippen LogP contribution in [0.4, 0.5) is 0 Å². The fraction of sp³-hybridized carbons (Fsp3) is 0.302. The SMILES string of the molecule is Cc1cc2c(cc1C)C1(CC2(C)Cc2ccccc2)c2cc(C)c(C)cc2C(C)(Cc2ccccc2)C1c1ccccc1. The molecule has 0 heterocycles. The minimum Gasteiger partial charge on any atom is -0.0622 e. The highest BCUT2D eigenvalue weighted by atomic mass is 14.7. The average molecular weight is 561 g/mol. The van der Waals surface area contributed by atoms with Gasteiger partial charge in [0.25, 0.3) is 0 Å². The van der Waals surface area contributed by atoms with Crippen LogP contribution >= 0.6 is 0 Å². The molecule has 7 rings (SSSR count). The molecule has 0 heteroatoms. The van der Waals surface area contributed by atoms with Crippen LogP contribution in [0.5, 0.6) is 0 Å². The third kappa shape index (κ3) is 4.25.